The zero-order valence-electron chi connectivity index (χ0n) is 22.7. The van der Waals surface area contributed by atoms with Crippen LogP contribution in [0, 0.1) is 5.41 Å². The molecule has 3 aromatic carbocycles. The molecule has 3 aromatic rings. The first-order chi connectivity index (χ1) is 19.1. The number of amides is 4. The first-order valence-electron chi connectivity index (χ1n) is 13.2. The zero-order chi connectivity index (χ0) is 28.4. The topological polar surface area (TPSA) is 114 Å². The molecule has 0 spiro atoms. The fraction of sp³-hybridized carbons (Fsp3) is 0.290. The average molecular weight is 542 g/mol. The maximum absolute atomic E-state index is 12.9. The lowest BCUT2D eigenvalue weighted by Crippen LogP contribution is -2.36. The molecule has 1 saturated heterocycles. The monoisotopic (exact) mass is 541 g/mol. The first-order valence-corrected chi connectivity index (χ1v) is 13.2. The highest BCUT2D eigenvalue weighted by Crippen LogP contribution is 2.31. The van der Waals surface area contributed by atoms with Gasteiger partial charge in [-0.3, -0.25) is 24.1 Å². The van der Waals surface area contributed by atoms with Crippen molar-refractivity contribution in [1.82, 2.24) is 4.90 Å². The smallest absolute Gasteiger partial charge is 0.261 e. The van der Waals surface area contributed by atoms with Gasteiger partial charge in [0.25, 0.3) is 17.7 Å². The van der Waals surface area contributed by atoms with E-state index in [0.717, 1.165) is 12.8 Å². The molecule has 0 aromatic heterocycles. The quantitative estimate of drug-likeness (QED) is 0.383. The van der Waals surface area contributed by atoms with Gasteiger partial charge in [-0.1, -0.05) is 20.8 Å². The van der Waals surface area contributed by atoms with Crippen LogP contribution in [-0.4, -0.2) is 47.8 Å². The van der Waals surface area contributed by atoms with Crippen LogP contribution in [0.5, 0.6) is 11.5 Å². The number of carbonyl (C=O) groups excluding carboxylic acids is 4. The molecule has 4 amide bonds. The molecule has 1 atom stereocenters. The van der Waals surface area contributed by atoms with E-state index in [9.17, 15) is 19.2 Å². The summed E-state index contributed by atoms with van der Waals surface area (Å²) in [6, 6.07) is 18.3. The molecular formula is C31H31N3O6. The van der Waals surface area contributed by atoms with Gasteiger partial charge in [0.2, 0.25) is 5.91 Å². The summed E-state index contributed by atoms with van der Waals surface area (Å²) in [6.07, 6.45) is 1.65. The third-order valence-corrected chi connectivity index (χ3v) is 6.79. The van der Waals surface area contributed by atoms with Gasteiger partial charge in [-0.2, -0.15) is 0 Å². The van der Waals surface area contributed by atoms with Crippen LogP contribution in [-0.2, 0) is 9.53 Å². The second-order valence-corrected chi connectivity index (χ2v) is 10.9. The molecule has 1 fully saturated rings. The Morgan fingerprint density at radius 1 is 0.875 bits per heavy atom. The Hall–Kier alpha value is -4.50. The molecule has 2 aliphatic heterocycles. The summed E-state index contributed by atoms with van der Waals surface area (Å²) >= 11 is 0. The first kappa shape index (κ1) is 27.1. The number of ether oxygens (including phenoxy) is 2. The van der Waals surface area contributed by atoms with Crippen molar-refractivity contribution >= 4 is 35.0 Å². The number of rotatable bonds is 7. The summed E-state index contributed by atoms with van der Waals surface area (Å²) in [5.41, 5.74) is 1.79. The zero-order valence-corrected chi connectivity index (χ0v) is 22.7. The average Bonchev–Trinajstić information content (AvgIpc) is 3.52. The van der Waals surface area contributed by atoms with Crippen LogP contribution in [0.25, 0.3) is 0 Å². The second-order valence-electron chi connectivity index (χ2n) is 10.9. The minimum atomic E-state index is -0.519. The van der Waals surface area contributed by atoms with Gasteiger partial charge in [0.15, 0.2) is 0 Å². The highest BCUT2D eigenvalue weighted by molar-refractivity contribution is 6.21. The molecule has 2 heterocycles. The molecule has 9 nitrogen and oxygen atoms in total. The highest BCUT2D eigenvalue weighted by atomic mass is 16.5. The highest BCUT2D eigenvalue weighted by Gasteiger charge is 2.37. The Kier molecular flexibility index (Phi) is 7.40. The number of benzene rings is 3. The molecule has 0 aliphatic carbocycles. The van der Waals surface area contributed by atoms with Crippen molar-refractivity contribution in [2.75, 3.05) is 23.8 Å². The van der Waals surface area contributed by atoms with Gasteiger partial charge in [-0.25, -0.2) is 0 Å². The lowest BCUT2D eigenvalue weighted by Gasteiger charge is -2.17. The van der Waals surface area contributed by atoms with Gasteiger partial charge in [0.05, 0.1) is 23.8 Å². The Labute approximate surface area is 232 Å². The molecule has 1 unspecified atom stereocenters. The minimum absolute atomic E-state index is 0.108. The minimum Gasteiger partial charge on any atom is -0.457 e. The van der Waals surface area contributed by atoms with Crippen molar-refractivity contribution in [2.45, 2.75) is 39.7 Å². The van der Waals surface area contributed by atoms with Crippen LogP contribution in [0.3, 0.4) is 0 Å². The summed E-state index contributed by atoms with van der Waals surface area (Å²) < 4.78 is 11.5. The molecule has 0 saturated carbocycles. The maximum Gasteiger partial charge on any atom is 0.261 e. The number of fused-ring (bicyclic) bond motifs is 1. The van der Waals surface area contributed by atoms with Crippen molar-refractivity contribution in [3.8, 4) is 11.5 Å². The summed E-state index contributed by atoms with van der Waals surface area (Å²) in [7, 11) is 0. The maximum atomic E-state index is 12.9. The SMILES string of the molecule is CC(C)(C)C(=O)Nc1ccc(C(=O)Nc2ccc(Oc3ccc4c(c3)C(=O)N(CC3CCCO3)C4=O)cc2)cc1. The van der Waals surface area contributed by atoms with E-state index in [1.165, 1.54) is 4.90 Å². The largest absolute Gasteiger partial charge is 0.457 e. The lowest BCUT2D eigenvalue weighted by molar-refractivity contribution is -0.123. The third kappa shape index (κ3) is 5.89. The molecule has 2 N–H and O–H groups in total. The van der Waals surface area contributed by atoms with Crippen molar-refractivity contribution in [1.29, 1.82) is 0 Å². The number of anilines is 2. The van der Waals surface area contributed by atoms with Crippen LogP contribution >= 0.6 is 0 Å². The van der Waals surface area contributed by atoms with E-state index in [1.807, 2.05) is 20.8 Å². The van der Waals surface area contributed by atoms with E-state index in [-0.39, 0.29) is 36.3 Å². The second kappa shape index (κ2) is 10.9. The predicted octanol–water partition coefficient (Wildman–Crippen LogP) is 5.49. The van der Waals surface area contributed by atoms with E-state index in [1.54, 1.807) is 66.7 Å². The van der Waals surface area contributed by atoms with Gasteiger partial charge >= 0.3 is 0 Å². The lowest BCUT2D eigenvalue weighted by atomic mass is 9.95. The normalized spacial score (nSPS) is 16.6. The van der Waals surface area contributed by atoms with Crippen LogP contribution < -0.4 is 15.4 Å². The standard InChI is InChI=1S/C31H31N3O6/c1-31(2,3)30(38)33-21-8-6-19(7-9-21)27(35)32-20-10-12-22(13-11-20)40-23-14-15-25-26(17-23)29(37)34(28(25)36)18-24-5-4-16-39-24/h6-15,17,24H,4-5,16,18H2,1-3H3,(H,32,35)(H,33,38). The molecule has 9 heteroatoms. The number of hydrogen-bond donors (Lipinski definition) is 2. The number of nitrogens with one attached hydrogen (secondary N) is 2. The molecule has 206 valence electrons. The number of hydrogen-bond acceptors (Lipinski definition) is 6. The van der Waals surface area contributed by atoms with Crippen molar-refractivity contribution in [2.24, 2.45) is 5.41 Å². The van der Waals surface area contributed by atoms with E-state index in [2.05, 4.69) is 10.6 Å². The molecule has 0 radical (unpaired) electrons. The fourth-order valence-electron chi connectivity index (χ4n) is 4.46. The van der Waals surface area contributed by atoms with Gasteiger partial charge in [0.1, 0.15) is 11.5 Å². The van der Waals surface area contributed by atoms with Crippen LogP contribution in [0.1, 0.15) is 64.7 Å². The van der Waals surface area contributed by atoms with Crippen molar-refractivity contribution in [3.63, 3.8) is 0 Å². The summed E-state index contributed by atoms with van der Waals surface area (Å²) in [6.45, 7) is 6.40. The van der Waals surface area contributed by atoms with E-state index in [0.29, 0.717) is 46.2 Å². The molecular weight excluding hydrogens is 510 g/mol. The van der Waals surface area contributed by atoms with Gasteiger partial charge in [0, 0.05) is 29.0 Å². The fourth-order valence-corrected chi connectivity index (χ4v) is 4.46. The van der Waals surface area contributed by atoms with Gasteiger partial charge in [-0.15, -0.1) is 0 Å². The van der Waals surface area contributed by atoms with Gasteiger partial charge < -0.3 is 20.1 Å². The van der Waals surface area contributed by atoms with E-state index in [4.69, 9.17) is 9.47 Å². The third-order valence-electron chi connectivity index (χ3n) is 6.79. The Balaban J connectivity index is 1.18. The number of imide groups is 1. The summed E-state index contributed by atoms with van der Waals surface area (Å²) in [5.74, 6) is -0.130. The Morgan fingerprint density at radius 3 is 2.15 bits per heavy atom. The van der Waals surface area contributed by atoms with E-state index >= 15 is 0 Å². The van der Waals surface area contributed by atoms with Gasteiger partial charge in [-0.05, 0) is 79.6 Å². The van der Waals surface area contributed by atoms with Crippen LogP contribution in [0.15, 0.2) is 66.7 Å². The number of carbonyl (C=O) groups is 4. The summed E-state index contributed by atoms with van der Waals surface area (Å²) in [4.78, 5) is 51.7. The molecule has 0 bridgehead atoms. The molecule has 5 rings (SSSR count). The van der Waals surface area contributed by atoms with Crippen molar-refractivity contribution < 1.29 is 28.7 Å². The number of nitrogens with zero attached hydrogens (tertiary/aromatic N) is 1. The van der Waals surface area contributed by atoms with Crippen LogP contribution in [0.4, 0.5) is 11.4 Å². The van der Waals surface area contributed by atoms with Crippen LogP contribution in [0.2, 0.25) is 0 Å². The summed E-state index contributed by atoms with van der Waals surface area (Å²) in [5, 5.41) is 5.66. The van der Waals surface area contributed by atoms with E-state index < -0.39 is 5.41 Å². The Bertz CT molecular complexity index is 1450. The predicted molar refractivity (Wildman–Crippen MR) is 150 cm³/mol. The van der Waals surface area contributed by atoms with Crippen molar-refractivity contribution in [3.05, 3.63) is 83.4 Å². The molecule has 40 heavy (non-hydrogen) atoms. The molecule has 2 aliphatic rings. The Morgan fingerprint density at radius 2 is 1.50 bits per heavy atom.